The van der Waals surface area contributed by atoms with Crippen LogP contribution in [0.5, 0.6) is 11.5 Å². The number of carboxylic acids is 1. The van der Waals surface area contributed by atoms with Gasteiger partial charge >= 0.3 is 12.3 Å². The molecule has 2 aromatic carbocycles. The van der Waals surface area contributed by atoms with E-state index in [1.807, 2.05) is 0 Å². The van der Waals surface area contributed by atoms with Gasteiger partial charge in [-0.2, -0.15) is 0 Å². The molecule has 0 radical (unpaired) electrons. The van der Waals surface area contributed by atoms with E-state index in [4.69, 9.17) is 26.2 Å². The minimum Gasteiger partial charge on any atom is -0.476 e. The van der Waals surface area contributed by atoms with E-state index in [2.05, 4.69) is 0 Å². The Labute approximate surface area is 137 Å². The zero-order valence-electron chi connectivity index (χ0n) is 11.8. The molecule has 1 atom stereocenters. The molecule has 120 valence electrons. The fraction of sp³-hybridized carbons (Fsp3) is 0.133. The summed E-state index contributed by atoms with van der Waals surface area (Å²) < 4.78 is 35.8. The first-order valence-corrected chi connectivity index (χ1v) is 8.37. The molecule has 6 nitrogen and oxygen atoms in total. The Morgan fingerprint density at radius 2 is 1.74 bits per heavy atom. The number of sulfone groups is 1. The zero-order valence-corrected chi connectivity index (χ0v) is 13.4. The molecule has 0 spiro atoms. The van der Waals surface area contributed by atoms with Crippen molar-refractivity contribution in [2.75, 3.05) is 0 Å². The molecule has 1 heterocycles. The molecule has 0 aliphatic carbocycles. The van der Waals surface area contributed by atoms with Crippen LogP contribution in [0.25, 0.3) is 0 Å². The molecule has 1 aliphatic heterocycles. The number of hydrogen-bond donors (Lipinski definition) is 1. The van der Waals surface area contributed by atoms with Gasteiger partial charge in [0.25, 0.3) is 0 Å². The van der Waals surface area contributed by atoms with Crippen molar-refractivity contribution < 1.29 is 27.8 Å². The van der Waals surface area contributed by atoms with Crippen LogP contribution in [0, 0.1) is 6.92 Å². The molecule has 3 rings (SSSR count). The molecule has 0 bridgehead atoms. The van der Waals surface area contributed by atoms with Crippen LogP contribution >= 0.6 is 11.6 Å². The summed E-state index contributed by atoms with van der Waals surface area (Å²) >= 11 is 5.98. The number of carboxylic acid groups (broad SMARTS) is 1. The number of carbonyl (C=O) groups is 1. The normalized spacial score (nSPS) is 16.3. The van der Waals surface area contributed by atoms with E-state index < -0.39 is 22.1 Å². The molecule has 0 amide bonds. The van der Waals surface area contributed by atoms with Crippen molar-refractivity contribution in [1.82, 2.24) is 0 Å². The third kappa shape index (κ3) is 2.62. The van der Waals surface area contributed by atoms with E-state index >= 15 is 0 Å². The molecule has 1 N–H and O–H groups in total. The summed E-state index contributed by atoms with van der Waals surface area (Å²) in [6, 6.07) is 8.78. The maximum Gasteiger partial charge on any atom is 0.387 e. The van der Waals surface area contributed by atoms with Gasteiger partial charge in [-0.25, -0.2) is 13.2 Å². The smallest absolute Gasteiger partial charge is 0.387 e. The third-order valence-corrected chi connectivity index (χ3v) is 5.72. The molecule has 1 unspecified atom stereocenters. The van der Waals surface area contributed by atoms with E-state index in [0.29, 0.717) is 5.56 Å². The average Bonchev–Trinajstić information content (AvgIpc) is 2.89. The summed E-state index contributed by atoms with van der Waals surface area (Å²) in [5.74, 6) is -1.05. The summed E-state index contributed by atoms with van der Waals surface area (Å²) in [5.41, 5.74) is 0.401. The fourth-order valence-corrected chi connectivity index (χ4v) is 4.26. The van der Waals surface area contributed by atoms with Crippen molar-refractivity contribution in [3.63, 3.8) is 0 Å². The number of rotatable bonds is 3. The highest BCUT2D eigenvalue weighted by Gasteiger charge is 2.33. The molecular formula is C15H11ClO6S. The highest BCUT2D eigenvalue weighted by molar-refractivity contribution is 7.91. The van der Waals surface area contributed by atoms with Crippen LogP contribution < -0.4 is 9.47 Å². The first kappa shape index (κ1) is 15.6. The maximum atomic E-state index is 12.8. The summed E-state index contributed by atoms with van der Waals surface area (Å²) in [4.78, 5) is 10.9. The highest BCUT2D eigenvalue weighted by Crippen LogP contribution is 2.40. The predicted molar refractivity (Wildman–Crippen MR) is 80.8 cm³/mol. The monoisotopic (exact) mass is 354 g/mol. The van der Waals surface area contributed by atoms with Gasteiger partial charge in [-0.15, -0.1) is 0 Å². The standard InChI is InChI=1S/C15H11ClO6S/c1-8-6-10-11(22-15(21-10)14(17)18)7-13(8)23(19,20)12-5-3-2-4-9(12)16/h2-7,15H,1H3,(H,17,18). The maximum absolute atomic E-state index is 12.8. The number of aryl methyl sites for hydroxylation is 1. The molecule has 0 fully saturated rings. The second-order valence-corrected chi connectivity index (χ2v) is 7.20. The molecule has 2 aromatic rings. The third-order valence-electron chi connectivity index (χ3n) is 3.33. The van der Waals surface area contributed by atoms with Gasteiger partial charge in [-0.3, -0.25) is 0 Å². The molecule has 1 aliphatic rings. The molecule has 0 saturated carbocycles. The zero-order chi connectivity index (χ0) is 16.8. The molecule has 0 saturated heterocycles. The summed E-state index contributed by atoms with van der Waals surface area (Å²) in [5, 5.41) is 9.02. The Hall–Kier alpha value is -2.25. The van der Waals surface area contributed by atoms with Gasteiger partial charge in [0, 0.05) is 6.07 Å². The molecule has 8 heteroatoms. The Balaban J connectivity index is 2.11. The first-order chi connectivity index (χ1) is 10.8. The highest BCUT2D eigenvalue weighted by atomic mass is 35.5. The van der Waals surface area contributed by atoms with E-state index in [-0.39, 0.29) is 26.3 Å². The first-order valence-electron chi connectivity index (χ1n) is 6.51. The minimum atomic E-state index is -3.87. The van der Waals surface area contributed by atoms with Gasteiger partial charge in [-0.05, 0) is 30.7 Å². The fourth-order valence-electron chi connectivity index (χ4n) is 2.25. The number of benzene rings is 2. The minimum absolute atomic E-state index is 0.0148. The van der Waals surface area contributed by atoms with Crippen LogP contribution in [0.3, 0.4) is 0 Å². The van der Waals surface area contributed by atoms with Gasteiger partial charge < -0.3 is 14.6 Å². The van der Waals surface area contributed by atoms with Crippen molar-refractivity contribution in [3.8, 4) is 11.5 Å². The van der Waals surface area contributed by atoms with Crippen LogP contribution in [0.4, 0.5) is 0 Å². The topological polar surface area (TPSA) is 89.9 Å². The quantitative estimate of drug-likeness (QED) is 0.911. The van der Waals surface area contributed by atoms with E-state index in [0.717, 1.165) is 0 Å². The van der Waals surface area contributed by atoms with E-state index in [1.54, 1.807) is 19.1 Å². The van der Waals surface area contributed by atoms with Crippen molar-refractivity contribution in [2.45, 2.75) is 23.0 Å². The number of halogens is 1. The van der Waals surface area contributed by atoms with Crippen LogP contribution in [0.1, 0.15) is 5.56 Å². The average molecular weight is 355 g/mol. The van der Waals surface area contributed by atoms with Crippen LogP contribution in [-0.2, 0) is 14.6 Å². The second-order valence-electron chi connectivity index (χ2n) is 4.90. The largest absolute Gasteiger partial charge is 0.476 e. The van der Waals surface area contributed by atoms with Gasteiger partial charge in [0.1, 0.15) is 0 Å². The molecular weight excluding hydrogens is 344 g/mol. The lowest BCUT2D eigenvalue weighted by atomic mass is 10.2. The lowest BCUT2D eigenvalue weighted by Gasteiger charge is -2.10. The van der Waals surface area contributed by atoms with Crippen LogP contribution in [-0.4, -0.2) is 25.8 Å². The van der Waals surface area contributed by atoms with Crippen molar-refractivity contribution >= 4 is 27.4 Å². The van der Waals surface area contributed by atoms with E-state index in [9.17, 15) is 13.2 Å². The van der Waals surface area contributed by atoms with Crippen molar-refractivity contribution in [2.24, 2.45) is 0 Å². The van der Waals surface area contributed by atoms with Gasteiger partial charge in [-0.1, -0.05) is 23.7 Å². The Morgan fingerprint density at radius 1 is 1.13 bits per heavy atom. The summed E-state index contributed by atoms with van der Waals surface area (Å²) in [7, 11) is -3.87. The Morgan fingerprint density at radius 3 is 2.35 bits per heavy atom. The van der Waals surface area contributed by atoms with Gasteiger partial charge in [0.05, 0.1) is 14.8 Å². The summed E-state index contributed by atoms with van der Waals surface area (Å²) in [6.07, 6.45) is -1.48. The molecule has 23 heavy (non-hydrogen) atoms. The van der Waals surface area contributed by atoms with Crippen LogP contribution in [0.2, 0.25) is 5.02 Å². The van der Waals surface area contributed by atoms with Crippen molar-refractivity contribution in [1.29, 1.82) is 0 Å². The van der Waals surface area contributed by atoms with Crippen molar-refractivity contribution in [3.05, 3.63) is 47.0 Å². The number of ether oxygens (including phenoxy) is 2. The Bertz CT molecular complexity index is 906. The predicted octanol–water partition coefficient (Wildman–Crippen LogP) is 2.66. The molecule has 0 aromatic heterocycles. The van der Waals surface area contributed by atoms with Crippen LogP contribution in [0.15, 0.2) is 46.2 Å². The summed E-state index contributed by atoms with van der Waals surface area (Å²) in [6.45, 7) is 1.58. The number of aliphatic carboxylic acids is 1. The SMILES string of the molecule is Cc1cc2c(cc1S(=O)(=O)c1ccccc1Cl)OC(C(=O)O)O2. The Kier molecular flexibility index (Phi) is 3.69. The van der Waals surface area contributed by atoms with E-state index in [1.165, 1.54) is 24.3 Å². The lowest BCUT2D eigenvalue weighted by molar-refractivity contribution is -0.154. The van der Waals surface area contributed by atoms with Gasteiger partial charge in [0.2, 0.25) is 9.84 Å². The lowest BCUT2D eigenvalue weighted by Crippen LogP contribution is -2.28. The van der Waals surface area contributed by atoms with Gasteiger partial charge in [0.15, 0.2) is 11.5 Å². The number of fused-ring (bicyclic) bond motifs is 1. The number of hydrogen-bond acceptors (Lipinski definition) is 5. The second kappa shape index (κ2) is 5.43.